The van der Waals surface area contributed by atoms with E-state index in [1.807, 2.05) is 29.2 Å². The molecule has 10 heteroatoms. The predicted octanol–water partition coefficient (Wildman–Crippen LogP) is 4.92. The number of hydrogen-bond acceptors (Lipinski definition) is 6. The number of nitrogens with zero attached hydrogens (tertiary/aromatic N) is 2. The molecule has 1 aliphatic heterocycles. The highest BCUT2D eigenvalue weighted by atomic mass is 32.2. The van der Waals surface area contributed by atoms with Gasteiger partial charge in [-0.2, -0.15) is 0 Å². The van der Waals surface area contributed by atoms with Crippen LogP contribution in [0.1, 0.15) is 61.1 Å². The molecule has 3 aliphatic rings. The summed E-state index contributed by atoms with van der Waals surface area (Å²) in [6, 6.07) is 7.80. The van der Waals surface area contributed by atoms with Gasteiger partial charge >= 0.3 is 5.97 Å². The van der Waals surface area contributed by atoms with Crippen molar-refractivity contribution < 1.29 is 27.1 Å². The van der Waals surface area contributed by atoms with Gasteiger partial charge in [0.15, 0.2) is 9.84 Å². The largest absolute Gasteiger partial charge is 0.481 e. The average molecular weight is 511 g/mol. The third-order valence-corrected chi connectivity index (χ3v) is 10.3. The van der Waals surface area contributed by atoms with Crippen LogP contribution >= 0.6 is 11.3 Å². The van der Waals surface area contributed by atoms with Gasteiger partial charge in [0.05, 0.1) is 33.0 Å². The Morgan fingerprint density at radius 3 is 2.35 bits per heavy atom. The molecule has 0 bridgehead atoms. The maximum Gasteiger partial charge on any atom is 0.307 e. The van der Waals surface area contributed by atoms with Crippen LogP contribution in [-0.2, 0) is 14.6 Å². The average Bonchev–Trinajstić information content (AvgIpc) is 3.22. The van der Waals surface area contributed by atoms with Crippen LogP contribution in [0.5, 0.6) is 0 Å². The number of sulfone groups is 1. The molecule has 1 aromatic carbocycles. The number of carboxylic acids is 1. The Bertz CT molecular complexity index is 1160. The number of aliphatic carboxylic acids is 1. The van der Waals surface area contributed by atoms with Crippen LogP contribution in [0.15, 0.2) is 24.3 Å². The van der Waals surface area contributed by atoms with Crippen LogP contribution in [0, 0.1) is 5.92 Å². The number of halogens is 2. The predicted molar refractivity (Wildman–Crippen MR) is 128 cm³/mol. The lowest BCUT2D eigenvalue weighted by molar-refractivity contribution is -0.143. The quantitative estimate of drug-likeness (QED) is 0.615. The molecule has 0 unspecified atom stereocenters. The monoisotopic (exact) mass is 510 g/mol. The van der Waals surface area contributed by atoms with E-state index in [0.717, 1.165) is 41.1 Å². The minimum atomic E-state index is -2.97. The molecule has 2 heterocycles. The zero-order valence-corrected chi connectivity index (χ0v) is 20.4. The number of carbonyl (C=O) groups is 1. The number of aromatic nitrogens is 1. The summed E-state index contributed by atoms with van der Waals surface area (Å²) < 4.78 is 50.6. The lowest BCUT2D eigenvalue weighted by Crippen LogP contribution is -2.40. The fourth-order valence-corrected chi connectivity index (χ4v) is 7.81. The molecular formula is C24H28F2N2O4S2. The van der Waals surface area contributed by atoms with Gasteiger partial charge in [-0.15, -0.1) is 11.3 Å². The molecule has 0 radical (unpaired) electrons. The highest BCUT2D eigenvalue weighted by Crippen LogP contribution is 2.52. The molecule has 5 rings (SSSR count). The Kier molecular flexibility index (Phi) is 6.16. The van der Waals surface area contributed by atoms with E-state index in [4.69, 9.17) is 4.98 Å². The highest BCUT2D eigenvalue weighted by Gasteiger charge is 2.48. The third kappa shape index (κ3) is 4.71. The first-order valence-electron chi connectivity index (χ1n) is 11.8. The van der Waals surface area contributed by atoms with Crippen molar-refractivity contribution in [2.24, 2.45) is 5.92 Å². The lowest BCUT2D eigenvalue weighted by Gasteiger charge is -2.33. The summed E-state index contributed by atoms with van der Waals surface area (Å²) in [6.07, 6.45) is 2.72. The minimum Gasteiger partial charge on any atom is -0.481 e. The zero-order chi connectivity index (χ0) is 24.1. The molecule has 3 fully saturated rings. The normalized spacial score (nSPS) is 26.7. The van der Waals surface area contributed by atoms with Crippen molar-refractivity contribution in [3.63, 3.8) is 0 Å². The number of anilines is 1. The van der Waals surface area contributed by atoms with Crippen LogP contribution < -0.4 is 4.90 Å². The molecule has 2 aliphatic carbocycles. The number of rotatable bonds is 5. The van der Waals surface area contributed by atoms with Gasteiger partial charge in [-0.3, -0.25) is 4.79 Å². The molecule has 1 saturated heterocycles. The van der Waals surface area contributed by atoms with Crippen LogP contribution in [0.25, 0.3) is 10.4 Å². The topological polar surface area (TPSA) is 87.6 Å². The Hall–Kier alpha value is -2.07. The number of hydrogen-bond donors (Lipinski definition) is 1. The summed E-state index contributed by atoms with van der Waals surface area (Å²) in [5, 5.41) is 10.5. The zero-order valence-electron chi connectivity index (χ0n) is 18.8. The van der Waals surface area contributed by atoms with Crippen LogP contribution in [0.4, 0.5) is 14.5 Å². The van der Waals surface area contributed by atoms with E-state index in [-0.39, 0.29) is 36.2 Å². The molecule has 34 heavy (non-hydrogen) atoms. The maximum absolute atomic E-state index is 13.6. The molecule has 1 N–H and O–H groups in total. The minimum absolute atomic E-state index is 0.140. The lowest BCUT2D eigenvalue weighted by atomic mass is 9.76. The summed E-state index contributed by atoms with van der Waals surface area (Å²) in [5.74, 6) is -4.21. The highest BCUT2D eigenvalue weighted by molar-refractivity contribution is 7.91. The first-order valence-corrected chi connectivity index (χ1v) is 14.4. The maximum atomic E-state index is 13.6. The Morgan fingerprint density at radius 1 is 1.09 bits per heavy atom. The van der Waals surface area contributed by atoms with Crippen LogP contribution in [0.2, 0.25) is 0 Å². The first-order chi connectivity index (χ1) is 16.1. The van der Waals surface area contributed by atoms with E-state index in [0.29, 0.717) is 24.5 Å². The van der Waals surface area contributed by atoms with E-state index in [2.05, 4.69) is 0 Å². The molecule has 2 saturated carbocycles. The third-order valence-electron chi connectivity index (χ3n) is 7.38. The SMILES string of the molecule is O=C(O)[C@@H]1CCCC[C@H]1c1nc(C2CC(F)(F)C2)sc1-c1ccc(N2CCS(=O)(=O)CC2)cc1. The Balaban J connectivity index is 1.46. The van der Waals surface area contributed by atoms with Gasteiger partial charge in [0.2, 0.25) is 5.92 Å². The van der Waals surface area contributed by atoms with Crippen LogP contribution in [0.3, 0.4) is 0 Å². The second-order valence-electron chi connectivity index (χ2n) is 9.75. The van der Waals surface area contributed by atoms with Crippen molar-refractivity contribution in [2.75, 3.05) is 29.5 Å². The molecule has 1 aromatic heterocycles. The summed E-state index contributed by atoms with van der Waals surface area (Å²) >= 11 is 1.42. The Morgan fingerprint density at radius 2 is 1.74 bits per heavy atom. The number of thiazole rings is 1. The molecular weight excluding hydrogens is 482 g/mol. The van der Waals surface area contributed by atoms with Crippen molar-refractivity contribution in [2.45, 2.75) is 56.3 Å². The molecule has 6 nitrogen and oxygen atoms in total. The van der Waals surface area contributed by atoms with Gasteiger partial charge in [-0.05, 0) is 30.5 Å². The molecule has 184 valence electrons. The Labute approximate surface area is 201 Å². The van der Waals surface area contributed by atoms with Crippen LogP contribution in [-0.4, -0.2) is 55.0 Å². The summed E-state index contributed by atoms with van der Waals surface area (Å²) in [5.41, 5.74) is 2.57. The van der Waals surface area contributed by atoms with Crippen molar-refractivity contribution in [3.8, 4) is 10.4 Å². The summed E-state index contributed by atoms with van der Waals surface area (Å²) in [4.78, 5) is 19.7. The second kappa shape index (κ2) is 8.86. The van der Waals surface area contributed by atoms with E-state index in [1.54, 1.807) is 0 Å². The summed E-state index contributed by atoms with van der Waals surface area (Å²) in [7, 11) is -2.97. The fourth-order valence-electron chi connectivity index (χ4n) is 5.37. The van der Waals surface area contributed by atoms with E-state index >= 15 is 0 Å². The summed E-state index contributed by atoms with van der Waals surface area (Å²) in [6.45, 7) is 0.909. The molecule has 0 spiro atoms. The number of benzene rings is 1. The van der Waals surface area contributed by atoms with Crippen molar-refractivity contribution >= 4 is 32.8 Å². The molecule has 0 amide bonds. The second-order valence-corrected chi connectivity index (χ2v) is 13.1. The van der Waals surface area contributed by atoms with E-state index in [9.17, 15) is 27.1 Å². The molecule has 2 aromatic rings. The van der Waals surface area contributed by atoms with Crippen molar-refractivity contribution in [1.82, 2.24) is 4.98 Å². The van der Waals surface area contributed by atoms with Gasteiger partial charge in [-0.25, -0.2) is 22.2 Å². The number of alkyl halides is 2. The van der Waals surface area contributed by atoms with Gasteiger partial charge in [-0.1, -0.05) is 25.0 Å². The van der Waals surface area contributed by atoms with Crippen molar-refractivity contribution in [1.29, 1.82) is 0 Å². The number of carboxylic acid groups (broad SMARTS) is 1. The van der Waals surface area contributed by atoms with Gasteiger partial charge in [0.25, 0.3) is 0 Å². The van der Waals surface area contributed by atoms with Gasteiger partial charge in [0, 0.05) is 43.5 Å². The van der Waals surface area contributed by atoms with E-state index in [1.165, 1.54) is 11.3 Å². The first kappa shape index (κ1) is 23.7. The smallest absolute Gasteiger partial charge is 0.307 e. The van der Waals surface area contributed by atoms with Gasteiger partial charge < -0.3 is 10.0 Å². The fraction of sp³-hybridized carbons (Fsp3) is 0.583. The van der Waals surface area contributed by atoms with Gasteiger partial charge in [0.1, 0.15) is 0 Å². The van der Waals surface area contributed by atoms with Crippen molar-refractivity contribution in [3.05, 3.63) is 35.0 Å². The molecule has 2 atom stereocenters. The standard InChI is InChI=1S/C24H28F2N2O4S2/c25-24(26)13-16(14-24)22-27-20(18-3-1-2-4-19(18)23(29)30)21(33-22)15-5-7-17(8-6-15)28-9-11-34(31,32)12-10-28/h5-8,16,18-19H,1-4,9-14H2,(H,29,30)/t18-,19-/m1/s1. The van der Waals surface area contributed by atoms with E-state index < -0.39 is 27.6 Å².